The van der Waals surface area contributed by atoms with Crippen LogP contribution in [0.3, 0.4) is 0 Å². The molecule has 1 saturated heterocycles. The summed E-state index contributed by atoms with van der Waals surface area (Å²) >= 11 is 6.43. The number of anilines is 2. The zero-order valence-corrected chi connectivity index (χ0v) is 14.7. The highest BCUT2D eigenvalue weighted by atomic mass is 35.5. The Morgan fingerprint density at radius 2 is 2.08 bits per heavy atom. The van der Waals surface area contributed by atoms with Gasteiger partial charge in [-0.3, -0.25) is 4.79 Å². The van der Waals surface area contributed by atoms with E-state index < -0.39 is 0 Å². The van der Waals surface area contributed by atoms with Gasteiger partial charge in [-0.2, -0.15) is 0 Å². The Bertz CT molecular complexity index is 615. The third-order valence-corrected chi connectivity index (χ3v) is 6.22. The molecule has 0 spiro atoms. The van der Waals surface area contributed by atoms with E-state index in [1.165, 1.54) is 25.7 Å². The first-order chi connectivity index (χ1) is 11.7. The molecule has 3 atom stereocenters. The Morgan fingerprint density at radius 3 is 2.75 bits per heavy atom. The smallest absolute Gasteiger partial charge is 0.224 e. The van der Waals surface area contributed by atoms with E-state index >= 15 is 0 Å². The third-order valence-electron chi connectivity index (χ3n) is 5.92. The van der Waals surface area contributed by atoms with Crippen molar-refractivity contribution in [3.8, 4) is 0 Å². The molecule has 3 aliphatic rings. The van der Waals surface area contributed by atoms with E-state index in [0.717, 1.165) is 49.5 Å². The Labute approximate surface area is 148 Å². The maximum atomic E-state index is 12.4. The summed E-state index contributed by atoms with van der Waals surface area (Å²) in [5, 5.41) is 3.72. The first-order valence-corrected chi connectivity index (χ1v) is 9.49. The van der Waals surface area contributed by atoms with E-state index in [1.54, 1.807) is 0 Å². The number of hydrogen-bond acceptors (Lipinski definition) is 3. The molecule has 2 aliphatic carbocycles. The molecule has 4 rings (SSSR count). The number of nitrogens with zero attached hydrogens (tertiary/aromatic N) is 1. The lowest BCUT2D eigenvalue weighted by atomic mass is 9.86. The summed E-state index contributed by atoms with van der Waals surface area (Å²) in [6, 6.07) is 5.82. The Kier molecular flexibility index (Phi) is 4.68. The van der Waals surface area contributed by atoms with Crippen molar-refractivity contribution in [2.45, 2.75) is 32.1 Å². The first-order valence-electron chi connectivity index (χ1n) is 9.11. The molecule has 2 saturated carbocycles. The molecule has 5 heteroatoms. The number of rotatable bonds is 4. The van der Waals surface area contributed by atoms with Gasteiger partial charge in [-0.1, -0.05) is 18.0 Å². The second-order valence-electron chi connectivity index (χ2n) is 7.45. The molecule has 0 aromatic heterocycles. The highest BCUT2D eigenvalue weighted by Gasteiger charge is 2.40. The van der Waals surface area contributed by atoms with Crippen LogP contribution in [-0.4, -0.2) is 32.2 Å². The van der Waals surface area contributed by atoms with Crippen molar-refractivity contribution in [1.82, 2.24) is 0 Å². The summed E-state index contributed by atoms with van der Waals surface area (Å²) in [5.74, 6) is 2.39. The van der Waals surface area contributed by atoms with E-state index in [4.69, 9.17) is 16.3 Å². The number of halogens is 1. The summed E-state index contributed by atoms with van der Waals surface area (Å²) in [7, 11) is 0. The quantitative estimate of drug-likeness (QED) is 0.896. The minimum Gasteiger partial charge on any atom is -0.378 e. The lowest BCUT2D eigenvalue weighted by Crippen LogP contribution is -2.36. The molecule has 130 valence electrons. The van der Waals surface area contributed by atoms with Crippen molar-refractivity contribution in [3.05, 3.63) is 23.2 Å². The lowest BCUT2D eigenvalue weighted by molar-refractivity contribution is -0.117. The molecule has 3 fully saturated rings. The SMILES string of the molecule is O=C(C[C@H]1C[C@H]2CC[C@H]1C2)Nc1ccc(N2CCOCC2)c(Cl)c1. The molecule has 1 aromatic rings. The van der Waals surface area contributed by atoms with Crippen LogP contribution < -0.4 is 10.2 Å². The summed E-state index contributed by atoms with van der Waals surface area (Å²) in [4.78, 5) is 14.6. The third kappa shape index (κ3) is 3.40. The van der Waals surface area contributed by atoms with Crippen molar-refractivity contribution in [2.75, 3.05) is 36.5 Å². The summed E-state index contributed by atoms with van der Waals surface area (Å²) < 4.78 is 5.38. The van der Waals surface area contributed by atoms with Crippen LogP contribution in [0.25, 0.3) is 0 Å². The molecular formula is C19H25ClN2O2. The van der Waals surface area contributed by atoms with Crippen molar-refractivity contribution >= 4 is 28.9 Å². The Hall–Kier alpha value is -1.26. The number of morpholine rings is 1. The summed E-state index contributed by atoms with van der Waals surface area (Å²) in [6.45, 7) is 3.18. The number of benzene rings is 1. The Balaban J connectivity index is 1.36. The fraction of sp³-hybridized carbons (Fsp3) is 0.632. The average molecular weight is 349 g/mol. The van der Waals surface area contributed by atoms with Gasteiger partial charge in [0.15, 0.2) is 0 Å². The maximum absolute atomic E-state index is 12.4. The number of ether oxygens (including phenoxy) is 1. The van der Waals surface area contributed by atoms with Crippen LogP contribution in [0.2, 0.25) is 5.02 Å². The topological polar surface area (TPSA) is 41.6 Å². The normalized spacial score (nSPS) is 29.0. The second-order valence-corrected chi connectivity index (χ2v) is 7.86. The molecule has 1 heterocycles. The highest BCUT2D eigenvalue weighted by molar-refractivity contribution is 6.33. The van der Waals surface area contributed by atoms with Gasteiger partial charge in [0.25, 0.3) is 0 Å². The van der Waals surface area contributed by atoms with E-state index in [-0.39, 0.29) is 5.91 Å². The van der Waals surface area contributed by atoms with Crippen LogP contribution in [0.15, 0.2) is 18.2 Å². The van der Waals surface area contributed by atoms with Crippen LogP contribution in [0, 0.1) is 17.8 Å². The van der Waals surface area contributed by atoms with Crippen LogP contribution in [0.5, 0.6) is 0 Å². The van der Waals surface area contributed by atoms with Gasteiger partial charge in [0.1, 0.15) is 0 Å². The zero-order valence-electron chi connectivity index (χ0n) is 14.0. The fourth-order valence-electron chi connectivity index (χ4n) is 4.72. The predicted octanol–water partition coefficient (Wildman–Crippen LogP) is 3.94. The van der Waals surface area contributed by atoms with E-state index in [1.807, 2.05) is 18.2 Å². The largest absolute Gasteiger partial charge is 0.378 e. The molecule has 1 aromatic carbocycles. The average Bonchev–Trinajstić information content (AvgIpc) is 3.18. The molecule has 24 heavy (non-hydrogen) atoms. The molecule has 0 unspecified atom stereocenters. The molecular weight excluding hydrogens is 324 g/mol. The highest BCUT2D eigenvalue weighted by Crippen LogP contribution is 2.49. The van der Waals surface area contributed by atoms with Crippen LogP contribution in [0.1, 0.15) is 32.1 Å². The number of nitrogens with one attached hydrogen (secondary N) is 1. The molecule has 1 N–H and O–H groups in total. The van der Waals surface area contributed by atoms with Gasteiger partial charge in [-0.15, -0.1) is 0 Å². The zero-order chi connectivity index (χ0) is 16.5. The minimum absolute atomic E-state index is 0.128. The first kappa shape index (κ1) is 16.2. The van der Waals surface area contributed by atoms with E-state index in [9.17, 15) is 4.79 Å². The lowest BCUT2D eigenvalue weighted by Gasteiger charge is -2.29. The number of carbonyl (C=O) groups is 1. The van der Waals surface area contributed by atoms with Crippen molar-refractivity contribution in [2.24, 2.45) is 17.8 Å². The number of fused-ring (bicyclic) bond motifs is 2. The second kappa shape index (κ2) is 6.93. The van der Waals surface area contributed by atoms with Crippen molar-refractivity contribution < 1.29 is 9.53 Å². The van der Waals surface area contributed by atoms with E-state index in [2.05, 4.69) is 10.2 Å². The van der Waals surface area contributed by atoms with Gasteiger partial charge in [0.2, 0.25) is 5.91 Å². The maximum Gasteiger partial charge on any atom is 0.224 e. The standard InChI is InChI=1S/C19H25ClN2O2/c20-17-12-16(3-4-18(17)22-5-7-24-8-6-22)21-19(23)11-15-10-13-1-2-14(15)9-13/h3-4,12-15H,1-2,5-11H2,(H,21,23)/t13-,14-,15+/m0/s1. The van der Waals surface area contributed by atoms with Crippen LogP contribution >= 0.6 is 11.6 Å². The van der Waals surface area contributed by atoms with Gasteiger partial charge >= 0.3 is 0 Å². The van der Waals surface area contributed by atoms with Gasteiger partial charge < -0.3 is 15.0 Å². The van der Waals surface area contributed by atoms with Crippen molar-refractivity contribution in [1.29, 1.82) is 0 Å². The molecule has 2 bridgehead atoms. The van der Waals surface area contributed by atoms with Gasteiger partial charge in [-0.25, -0.2) is 0 Å². The van der Waals surface area contributed by atoms with Gasteiger partial charge in [0.05, 0.1) is 23.9 Å². The van der Waals surface area contributed by atoms with Crippen LogP contribution in [-0.2, 0) is 9.53 Å². The Morgan fingerprint density at radius 1 is 1.25 bits per heavy atom. The van der Waals surface area contributed by atoms with Crippen LogP contribution in [0.4, 0.5) is 11.4 Å². The van der Waals surface area contributed by atoms with Gasteiger partial charge in [-0.05, 0) is 55.2 Å². The monoisotopic (exact) mass is 348 g/mol. The van der Waals surface area contributed by atoms with Crippen molar-refractivity contribution in [3.63, 3.8) is 0 Å². The molecule has 0 radical (unpaired) electrons. The summed E-state index contributed by atoms with van der Waals surface area (Å²) in [5.41, 5.74) is 1.82. The minimum atomic E-state index is 0.128. The predicted molar refractivity (Wildman–Crippen MR) is 96.7 cm³/mol. The molecule has 4 nitrogen and oxygen atoms in total. The molecule has 1 amide bonds. The number of carbonyl (C=O) groups excluding carboxylic acids is 1. The summed E-state index contributed by atoms with van der Waals surface area (Å²) in [6.07, 6.45) is 5.95. The molecule has 1 aliphatic heterocycles. The number of hydrogen-bond donors (Lipinski definition) is 1. The van der Waals surface area contributed by atoms with Gasteiger partial charge in [0, 0.05) is 25.2 Å². The van der Waals surface area contributed by atoms with E-state index in [0.29, 0.717) is 17.4 Å². The fourth-order valence-corrected chi connectivity index (χ4v) is 5.02. The number of amides is 1.